The van der Waals surface area contributed by atoms with Gasteiger partial charge in [0.15, 0.2) is 0 Å². The molecule has 114 valence electrons. The maximum absolute atomic E-state index is 5.51. The number of nitrogens with zero attached hydrogens (tertiary/aromatic N) is 4. The molecule has 20 heavy (non-hydrogen) atoms. The van der Waals surface area contributed by atoms with E-state index in [4.69, 9.17) is 10.6 Å². The standard InChI is InChI=1S/C12H25N7O/c1-9(2)8-20-7-5-6-14-10-15-11(18-13)17-12(16-10)19(3)4/h9H,5-8,13H2,1-4H3,(H2,14,15,16,17,18). The van der Waals surface area contributed by atoms with Crippen LogP contribution in [0.25, 0.3) is 0 Å². The van der Waals surface area contributed by atoms with Gasteiger partial charge >= 0.3 is 0 Å². The van der Waals surface area contributed by atoms with Crippen LogP contribution in [0, 0.1) is 5.92 Å². The van der Waals surface area contributed by atoms with Crippen molar-refractivity contribution in [1.82, 2.24) is 15.0 Å². The second-order valence-corrected chi connectivity index (χ2v) is 5.07. The number of hydrazine groups is 1. The average molecular weight is 283 g/mol. The van der Waals surface area contributed by atoms with E-state index in [0.29, 0.717) is 23.8 Å². The Kier molecular flexibility index (Phi) is 6.96. The fraction of sp³-hybridized carbons (Fsp3) is 0.750. The summed E-state index contributed by atoms with van der Waals surface area (Å²) < 4.78 is 5.51. The minimum absolute atomic E-state index is 0.335. The van der Waals surface area contributed by atoms with Crippen molar-refractivity contribution in [2.24, 2.45) is 11.8 Å². The molecule has 8 heteroatoms. The van der Waals surface area contributed by atoms with Crippen LogP contribution < -0.4 is 21.5 Å². The molecule has 0 atom stereocenters. The highest BCUT2D eigenvalue weighted by Crippen LogP contribution is 2.10. The monoisotopic (exact) mass is 283 g/mol. The molecular weight excluding hydrogens is 258 g/mol. The van der Waals surface area contributed by atoms with Crippen LogP contribution in [0.4, 0.5) is 17.8 Å². The lowest BCUT2D eigenvalue weighted by molar-refractivity contribution is 0.110. The van der Waals surface area contributed by atoms with Crippen LogP contribution >= 0.6 is 0 Å². The summed E-state index contributed by atoms with van der Waals surface area (Å²) in [5.41, 5.74) is 2.43. The SMILES string of the molecule is CC(C)COCCCNc1nc(NN)nc(N(C)C)n1. The molecule has 0 spiro atoms. The molecule has 0 saturated heterocycles. The van der Waals surface area contributed by atoms with Crippen molar-refractivity contribution >= 4 is 17.8 Å². The zero-order chi connectivity index (χ0) is 15.0. The van der Waals surface area contributed by atoms with Crippen molar-refractivity contribution < 1.29 is 4.74 Å². The first-order valence-electron chi connectivity index (χ1n) is 6.74. The molecule has 0 amide bonds. The van der Waals surface area contributed by atoms with E-state index in [9.17, 15) is 0 Å². The Labute approximate surface area is 120 Å². The lowest BCUT2D eigenvalue weighted by Crippen LogP contribution is -2.19. The van der Waals surface area contributed by atoms with E-state index in [1.807, 2.05) is 14.1 Å². The van der Waals surface area contributed by atoms with Gasteiger partial charge in [0.05, 0.1) is 0 Å². The summed E-state index contributed by atoms with van der Waals surface area (Å²) >= 11 is 0. The summed E-state index contributed by atoms with van der Waals surface area (Å²) in [6.07, 6.45) is 0.890. The summed E-state index contributed by atoms with van der Waals surface area (Å²) in [5, 5.41) is 3.14. The third kappa shape index (κ3) is 5.98. The van der Waals surface area contributed by atoms with Gasteiger partial charge in [-0.3, -0.25) is 5.43 Å². The number of hydrogen-bond donors (Lipinski definition) is 3. The molecule has 1 heterocycles. The fourth-order valence-corrected chi connectivity index (χ4v) is 1.40. The van der Waals surface area contributed by atoms with Crippen molar-refractivity contribution in [3.05, 3.63) is 0 Å². The zero-order valence-electron chi connectivity index (χ0n) is 12.7. The minimum Gasteiger partial charge on any atom is -0.381 e. The van der Waals surface area contributed by atoms with Crippen LogP contribution in [0.2, 0.25) is 0 Å². The third-order valence-corrected chi connectivity index (χ3v) is 2.35. The summed E-state index contributed by atoms with van der Waals surface area (Å²) in [5.74, 6) is 7.29. The molecular formula is C12H25N7O. The maximum Gasteiger partial charge on any atom is 0.243 e. The number of nitrogen functional groups attached to an aromatic ring is 1. The molecule has 8 nitrogen and oxygen atoms in total. The van der Waals surface area contributed by atoms with Crippen molar-refractivity contribution in [2.75, 3.05) is 49.5 Å². The molecule has 0 radical (unpaired) electrons. The first kappa shape index (κ1) is 16.4. The summed E-state index contributed by atoms with van der Waals surface area (Å²) in [7, 11) is 3.72. The van der Waals surface area contributed by atoms with Crippen LogP contribution in [-0.2, 0) is 4.74 Å². The molecule has 0 fully saturated rings. The van der Waals surface area contributed by atoms with E-state index in [2.05, 4.69) is 39.5 Å². The Hall–Kier alpha value is -1.67. The normalized spacial score (nSPS) is 10.7. The molecule has 0 aliphatic carbocycles. The number of rotatable bonds is 9. The van der Waals surface area contributed by atoms with Gasteiger partial charge in [0.2, 0.25) is 17.8 Å². The van der Waals surface area contributed by atoms with Crippen molar-refractivity contribution in [3.8, 4) is 0 Å². The quantitative estimate of drug-likeness (QED) is 0.346. The number of hydrogen-bond acceptors (Lipinski definition) is 8. The number of ether oxygens (including phenoxy) is 1. The van der Waals surface area contributed by atoms with Gasteiger partial charge in [0.25, 0.3) is 0 Å². The van der Waals surface area contributed by atoms with E-state index >= 15 is 0 Å². The number of nitrogens with one attached hydrogen (secondary N) is 2. The number of nitrogens with two attached hydrogens (primary N) is 1. The van der Waals surface area contributed by atoms with Crippen LogP contribution in [-0.4, -0.2) is 48.8 Å². The molecule has 0 unspecified atom stereocenters. The van der Waals surface area contributed by atoms with Gasteiger partial charge in [-0.15, -0.1) is 0 Å². The molecule has 0 aliphatic heterocycles. The Morgan fingerprint density at radius 2 is 1.90 bits per heavy atom. The summed E-state index contributed by atoms with van der Waals surface area (Å²) in [6, 6.07) is 0. The highest BCUT2D eigenvalue weighted by molar-refractivity contribution is 5.42. The smallest absolute Gasteiger partial charge is 0.243 e. The Balaban J connectivity index is 2.41. The molecule has 4 N–H and O–H groups in total. The van der Waals surface area contributed by atoms with Crippen molar-refractivity contribution in [3.63, 3.8) is 0 Å². The number of anilines is 3. The van der Waals surface area contributed by atoms with Crippen LogP contribution in [0.1, 0.15) is 20.3 Å². The molecule has 1 rings (SSSR count). The van der Waals surface area contributed by atoms with E-state index in [-0.39, 0.29) is 0 Å². The molecule has 1 aromatic rings. The molecule has 0 aromatic carbocycles. The maximum atomic E-state index is 5.51. The highest BCUT2D eigenvalue weighted by Gasteiger charge is 2.06. The van der Waals surface area contributed by atoms with Crippen LogP contribution in [0.5, 0.6) is 0 Å². The number of aromatic nitrogens is 3. The minimum atomic E-state index is 0.335. The third-order valence-electron chi connectivity index (χ3n) is 2.35. The fourth-order valence-electron chi connectivity index (χ4n) is 1.40. The second-order valence-electron chi connectivity index (χ2n) is 5.07. The van der Waals surface area contributed by atoms with E-state index in [1.165, 1.54) is 0 Å². The van der Waals surface area contributed by atoms with Gasteiger partial charge in [0, 0.05) is 33.9 Å². The van der Waals surface area contributed by atoms with Crippen molar-refractivity contribution in [2.45, 2.75) is 20.3 Å². The van der Waals surface area contributed by atoms with Crippen molar-refractivity contribution in [1.29, 1.82) is 0 Å². The Morgan fingerprint density at radius 1 is 1.20 bits per heavy atom. The summed E-state index contributed by atoms with van der Waals surface area (Å²) in [6.45, 7) is 6.51. The Morgan fingerprint density at radius 3 is 2.50 bits per heavy atom. The second kappa shape index (κ2) is 8.49. The lowest BCUT2D eigenvalue weighted by Gasteiger charge is -2.13. The van der Waals surface area contributed by atoms with Gasteiger partial charge in [-0.2, -0.15) is 15.0 Å². The Bertz CT molecular complexity index is 397. The van der Waals surface area contributed by atoms with Crippen LogP contribution in [0.3, 0.4) is 0 Å². The van der Waals surface area contributed by atoms with Crippen LogP contribution in [0.15, 0.2) is 0 Å². The van der Waals surface area contributed by atoms with E-state index in [0.717, 1.165) is 26.2 Å². The lowest BCUT2D eigenvalue weighted by atomic mass is 10.2. The van der Waals surface area contributed by atoms with E-state index in [1.54, 1.807) is 4.90 Å². The van der Waals surface area contributed by atoms with Gasteiger partial charge in [0.1, 0.15) is 0 Å². The first-order chi connectivity index (χ1) is 9.52. The molecule has 0 aliphatic rings. The summed E-state index contributed by atoms with van der Waals surface area (Å²) in [4.78, 5) is 14.3. The highest BCUT2D eigenvalue weighted by atomic mass is 16.5. The van der Waals surface area contributed by atoms with Gasteiger partial charge in [-0.05, 0) is 12.3 Å². The molecule has 1 aromatic heterocycles. The first-order valence-corrected chi connectivity index (χ1v) is 6.74. The topological polar surface area (TPSA) is 101 Å². The largest absolute Gasteiger partial charge is 0.381 e. The molecule has 0 saturated carbocycles. The predicted octanol–water partition coefficient (Wildman–Crippen LogP) is 0.698. The molecule has 0 bridgehead atoms. The zero-order valence-corrected chi connectivity index (χ0v) is 12.7. The van der Waals surface area contributed by atoms with Gasteiger partial charge in [-0.1, -0.05) is 13.8 Å². The average Bonchev–Trinajstić information content (AvgIpc) is 2.41. The van der Waals surface area contributed by atoms with Gasteiger partial charge in [-0.25, -0.2) is 5.84 Å². The van der Waals surface area contributed by atoms with Gasteiger partial charge < -0.3 is 15.0 Å². The predicted molar refractivity (Wildman–Crippen MR) is 80.7 cm³/mol. The van der Waals surface area contributed by atoms with E-state index < -0.39 is 0 Å².